The van der Waals surface area contributed by atoms with Gasteiger partial charge < -0.3 is 14.4 Å². The van der Waals surface area contributed by atoms with Gasteiger partial charge >= 0.3 is 0 Å². The fraction of sp³-hybridized carbons (Fsp3) is 0.938. The Labute approximate surface area is 122 Å². The van der Waals surface area contributed by atoms with Crippen LogP contribution in [0.5, 0.6) is 0 Å². The Morgan fingerprint density at radius 3 is 2.25 bits per heavy atom. The smallest absolute Gasteiger partial charge is 0.222 e. The van der Waals surface area contributed by atoms with Crippen molar-refractivity contribution in [1.29, 1.82) is 0 Å². The second-order valence-corrected chi connectivity index (χ2v) is 7.56. The molecule has 0 saturated carbocycles. The molecule has 0 aromatic rings. The van der Waals surface area contributed by atoms with Crippen molar-refractivity contribution in [2.24, 2.45) is 11.3 Å². The first-order chi connectivity index (χ1) is 9.30. The summed E-state index contributed by atoms with van der Waals surface area (Å²) in [6.07, 6.45) is 3.37. The van der Waals surface area contributed by atoms with Crippen LogP contribution in [0.4, 0.5) is 0 Å². The Hall–Kier alpha value is -0.610. The van der Waals surface area contributed by atoms with E-state index in [1.165, 1.54) is 0 Å². The van der Waals surface area contributed by atoms with E-state index in [0.29, 0.717) is 25.6 Å². The van der Waals surface area contributed by atoms with Crippen LogP contribution in [-0.2, 0) is 14.3 Å². The molecule has 0 aliphatic carbocycles. The molecule has 20 heavy (non-hydrogen) atoms. The highest BCUT2D eigenvalue weighted by atomic mass is 16.7. The number of likely N-dealkylation sites (tertiary alicyclic amines) is 1. The number of hydrogen-bond donors (Lipinski definition) is 0. The summed E-state index contributed by atoms with van der Waals surface area (Å²) in [5.74, 6) is 0.348. The molecule has 2 saturated heterocycles. The average molecular weight is 283 g/mol. The van der Waals surface area contributed by atoms with Gasteiger partial charge in [0.15, 0.2) is 5.79 Å². The minimum absolute atomic E-state index is 0.287. The van der Waals surface area contributed by atoms with E-state index >= 15 is 0 Å². The number of rotatable bonds is 3. The van der Waals surface area contributed by atoms with Crippen LogP contribution in [0.15, 0.2) is 0 Å². The molecule has 0 N–H and O–H groups in total. The van der Waals surface area contributed by atoms with Gasteiger partial charge in [-0.1, -0.05) is 27.7 Å². The van der Waals surface area contributed by atoms with Gasteiger partial charge in [0.25, 0.3) is 0 Å². The molecule has 1 unspecified atom stereocenters. The molecule has 0 radical (unpaired) electrons. The second kappa shape index (κ2) is 6.02. The first-order valence-corrected chi connectivity index (χ1v) is 7.85. The number of piperidine rings is 1. The molecular weight excluding hydrogens is 254 g/mol. The van der Waals surface area contributed by atoms with E-state index in [4.69, 9.17) is 9.47 Å². The summed E-state index contributed by atoms with van der Waals surface area (Å²) in [4.78, 5) is 14.3. The molecule has 1 spiro atoms. The van der Waals surface area contributed by atoms with Crippen LogP contribution in [0, 0.1) is 11.3 Å². The van der Waals surface area contributed by atoms with Crippen LogP contribution >= 0.6 is 0 Å². The zero-order chi connectivity index (χ0) is 14.8. The van der Waals surface area contributed by atoms with Gasteiger partial charge in [-0.25, -0.2) is 0 Å². The first-order valence-electron chi connectivity index (χ1n) is 7.85. The van der Waals surface area contributed by atoms with Crippen LogP contribution in [0.25, 0.3) is 0 Å². The van der Waals surface area contributed by atoms with Crippen molar-refractivity contribution in [3.63, 3.8) is 0 Å². The molecule has 0 aromatic heterocycles. The molecule has 2 rings (SSSR count). The summed E-state index contributed by atoms with van der Waals surface area (Å²) in [5.41, 5.74) is 0.289. The van der Waals surface area contributed by atoms with Gasteiger partial charge in [-0.05, 0) is 17.8 Å². The molecule has 2 heterocycles. The molecule has 2 fully saturated rings. The fourth-order valence-corrected chi connectivity index (χ4v) is 3.43. The van der Waals surface area contributed by atoms with Crippen molar-refractivity contribution in [1.82, 2.24) is 4.90 Å². The highest BCUT2D eigenvalue weighted by Crippen LogP contribution is 2.32. The van der Waals surface area contributed by atoms with Crippen molar-refractivity contribution >= 4 is 5.91 Å². The molecule has 116 valence electrons. The molecule has 0 aromatic carbocycles. The molecule has 2 aliphatic rings. The number of nitrogens with zero attached hydrogens (tertiary/aromatic N) is 1. The lowest BCUT2D eigenvalue weighted by Crippen LogP contribution is -2.47. The molecule has 0 bridgehead atoms. The van der Waals surface area contributed by atoms with Gasteiger partial charge in [0, 0.05) is 32.4 Å². The van der Waals surface area contributed by atoms with Crippen LogP contribution in [0.3, 0.4) is 0 Å². The van der Waals surface area contributed by atoms with Gasteiger partial charge in [-0.3, -0.25) is 4.79 Å². The monoisotopic (exact) mass is 283 g/mol. The zero-order valence-electron chi connectivity index (χ0n) is 13.4. The molecule has 4 heteroatoms. The van der Waals surface area contributed by atoms with Gasteiger partial charge in [-0.15, -0.1) is 0 Å². The average Bonchev–Trinajstić information content (AvgIpc) is 2.75. The summed E-state index contributed by atoms with van der Waals surface area (Å²) < 4.78 is 11.4. The Kier molecular flexibility index (Phi) is 4.75. The number of ether oxygens (including phenoxy) is 2. The zero-order valence-corrected chi connectivity index (χ0v) is 13.4. The molecule has 4 nitrogen and oxygen atoms in total. The van der Waals surface area contributed by atoms with Gasteiger partial charge in [0.2, 0.25) is 5.91 Å². The van der Waals surface area contributed by atoms with Crippen LogP contribution in [0.1, 0.15) is 53.4 Å². The summed E-state index contributed by atoms with van der Waals surface area (Å²) >= 11 is 0. The van der Waals surface area contributed by atoms with Crippen molar-refractivity contribution in [2.45, 2.75) is 59.2 Å². The predicted octanol–water partition coefficient (Wildman–Crippen LogP) is 2.81. The van der Waals surface area contributed by atoms with Crippen LogP contribution < -0.4 is 0 Å². The standard InChI is InChI=1S/C16H29NO3/c1-13(12-15(2,3)4)11-14(18)17-7-5-16(6-8-17)19-9-10-20-16/h13H,5-12H2,1-4H3. The second-order valence-electron chi connectivity index (χ2n) is 7.56. The van der Waals surface area contributed by atoms with Gasteiger partial charge in [0.05, 0.1) is 13.2 Å². The fourth-order valence-electron chi connectivity index (χ4n) is 3.43. The molecule has 1 amide bonds. The summed E-state index contributed by atoms with van der Waals surface area (Å²) in [7, 11) is 0. The third kappa shape index (κ3) is 4.19. The van der Waals surface area contributed by atoms with E-state index in [1.54, 1.807) is 0 Å². The van der Waals surface area contributed by atoms with Gasteiger partial charge in [-0.2, -0.15) is 0 Å². The maximum atomic E-state index is 12.3. The Morgan fingerprint density at radius 2 is 1.75 bits per heavy atom. The van der Waals surface area contributed by atoms with E-state index in [9.17, 15) is 4.79 Å². The van der Waals surface area contributed by atoms with E-state index in [2.05, 4.69) is 27.7 Å². The van der Waals surface area contributed by atoms with Crippen molar-refractivity contribution in [3.05, 3.63) is 0 Å². The largest absolute Gasteiger partial charge is 0.347 e. The molecule has 1 atom stereocenters. The summed E-state index contributed by atoms with van der Waals surface area (Å²) in [5, 5.41) is 0. The number of hydrogen-bond acceptors (Lipinski definition) is 3. The third-order valence-corrected chi connectivity index (χ3v) is 4.18. The molecular formula is C16H29NO3. The van der Waals surface area contributed by atoms with Crippen LogP contribution in [0.2, 0.25) is 0 Å². The minimum atomic E-state index is -0.381. The van der Waals surface area contributed by atoms with E-state index in [0.717, 1.165) is 32.4 Å². The van der Waals surface area contributed by atoms with Gasteiger partial charge in [0.1, 0.15) is 0 Å². The van der Waals surface area contributed by atoms with Crippen molar-refractivity contribution in [3.8, 4) is 0 Å². The van der Waals surface area contributed by atoms with Crippen molar-refractivity contribution in [2.75, 3.05) is 26.3 Å². The van der Waals surface area contributed by atoms with E-state index in [-0.39, 0.29) is 17.1 Å². The SMILES string of the molecule is CC(CC(=O)N1CCC2(CC1)OCCO2)CC(C)(C)C. The number of carbonyl (C=O) groups is 1. The third-order valence-electron chi connectivity index (χ3n) is 4.18. The minimum Gasteiger partial charge on any atom is -0.347 e. The topological polar surface area (TPSA) is 38.8 Å². The lowest BCUT2D eigenvalue weighted by Gasteiger charge is -2.38. The normalized spacial score (nSPS) is 24.1. The van der Waals surface area contributed by atoms with Crippen molar-refractivity contribution < 1.29 is 14.3 Å². The lowest BCUT2D eigenvalue weighted by molar-refractivity contribution is -0.187. The Bertz CT molecular complexity index is 332. The first kappa shape index (κ1) is 15.8. The highest BCUT2D eigenvalue weighted by molar-refractivity contribution is 5.76. The number of carbonyl (C=O) groups excluding carboxylic acids is 1. The maximum absolute atomic E-state index is 12.3. The van der Waals surface area contributed by atoms with Crippen LogP contribution in [-0.4, -0.2) is 42.9 Å². The Balaban J connectivity index is 1.77. The highest BCUT2D eigenvalue weighted by Gasteiger charge is 2.40. The quantitative estimate of drug-likeness (QED) is 0.799. The van der Waals surface area contributed by atoms with E-state index < -0.39 is 0 Å². The predicted molar refractivity (Wildman–Crippen MR) is 78.3 cm³/mol. The maximum Gasteiger partial charge on any atom is 0.222 e. The Morgan fingerprint density at radius 1 is 1.20 bits per heavy atom. The summed E-state index contributed by atoms with van der Waals surface area (Å²) in [6, 6.07) is 0. The molecule has 2 aliphatic heterocycles. The van der Waals surface area contributed by atoms with E-state index in [1.807, 2.05) is 4.90 Å². The lowest BCUT2D eigenvalue weighted by atomic mass is 9.84. The number of amides is 1. The summed E-state index contributed by atoms with van der Waals surface area (Å²) in [6.45, 7) is 11.8.